The van der Waals surface area contributed by atoms with Gasteiger partial charge < -0.3 is 14.8 Å². The Kier molecular flexibility index (Phi) is 7.55. The molecule has 1 saturated carbocycles. The number of nitrogens with one attached hydrogen (secondary N) is 1. The third-order valence-corrected chi connectivity index (χ3v) is 8.21. The zero-order chi connectivity index (χ0) is 23.3. The van der Waals surface area contributed by atoms with Gasteiger partial charge in [-0.3, -0.25) is 4.79 Å². The van der Waals surface area contributed by atoms with Gasteiger partial charge in [-0.25, -0.2) is 8.42 Å². The van der Waals surface area contributed by atoms with Crippen LogP contribution in [0.3, 0.4) is 0 Å². The lowest BCUT2D eigenvalue weighted by Crippen LogP contribution is -2.28. The quantitative estimate of drug-likeness (QED) is 0.586. The van der Waals surface area contributed by atoms with Crippen molar-refractivity contribution in [2.45, 2.75) is 62.4 Å². The first kappa shape index (κ1) is 23.6. The van der Waals surface area contributed by atoms with Gasteiger partial charge in [0, 0.05) is 25.2 Å². The summed E-state index contributed by atoms with van der Waals surface area (Å²) in [6.07, 6.45) is 7.29. The first-order chi connectivity index (χ1) is 16.0. The lowest BCUT2D eigenvalue weighted by Gasteiger charge is -2.17. The van der Waals surface area contributed by atoms with Gasteiger partial charge in [0.2, 0.25) is 15.9 Å². The highest BCUT2D eigenvalue weighted by Gasteiger charge is 2.27. The number of carbonyl (C=O) groups excluding carboxylic acids is 1. The zero-order valence-electron chi connectivity index (χ0n) is 19.1. The second-order valence-electron chi connectivity index (χ2n) is 8.68. The molecule has 1 heterocycles. The molecule has 2 fully saturated rings. The summed E-state index contributed by atoms with van der Waals surface area (Å²) < 4.78 is 38.7. The van der Waals surface area contributed by atoms with Crippen LogP contribution in [0.5, 0.6) is 11.5 Å². The monoisotopic (exact) mass is 472 g/mol. The van der Waals surface area contributed by atoms with Crippen molar-refractivity contribution in [2.75, 3.05) is 25.5 Å². The van der Waals surface area contributed by atoms with Crippen molar-refractivity contribution in [1.82, 2.24) is 4.31 Å². The van der Waals surface area contributed by atoms with Gasteiger partial charge in [-0.05, 0) is 93.0 Å². The van der Waals surface area contributed by atoms with E-state index in [1.54, 1.807) is 25.3 Å². The van der Waals surface area contributed by atoms with E-state index in [1.165, 1.54) is 17.1 Å². The molecular weight excluding hydrogens is 440 g/mol. The Hall–Kier alpha value is -2.58. The van der Waals surface area contributed by atoms with E-state index < -0.39 is 10.0 Å². The van der Waals surface area contributed by atoms with E-state index >= 15 is 0 Å². The van der Waals surface area contributed by atoms with Crippen LogP contribution >= 0.6 is 0 Å². The Balaban J connectivity index is 1.36. The van der Waals surface area contributed by atoms with E-state index in [2.05, 4.69) is 5.32 Å². The Morgan fingerprint density at radius 2 is 1.73 bits per heavy atom. The molecule has 0 radical (unpaired) electrons. The predicted molar refractivity (Wildman–Crippen MR) is 127 cm³/mol. The van der Waals surface area contributed by atoms with Crippen molar-refractivity contribution in [3.8, 4) is 11.5 Å². The van der Waals surface area contributed by atoms with Gasteiger partial charge in [-0.15, -0.1) is 0 Å². The third kappa shape index (κ3) is 5.86. The van der Waals surface area contributed by atoms with Gasteiger partial charge in [-0.1, -0.05) is 0 Å². The van der Waals surface area contributed by atoms with E-state index in [0.29, 0.717) is 42.6 Å². The third-order valence-electron chi connectivity index (χ3n) is 6.32. The van der Waals surface area contributed by atoms with Crippen molar-refractivity contribution in [2.24, 2.45) is 0 Å². The number of anilines is 1. The number of sulfonamides is 1. The van der Waals surface area contributed by atoms with E-state index in [9.17, 15) is 13.2 Å². The molecular formula is C25H32N2O5S. The van der Waals surface area contributed by atoms with Crippen LogP contribution in [0.2, 0.25) is 0 Å². The predicted octanol–water partition coefficient (Wildman–Crippen LogP) is 4.37. The fourth-order valence-electron chi connectivity index (χ4n) is 4.48. The van der Waals surface area contributed by atoms with Crippen molar-refractivity contribution >= 4 is 21.6 Å². The summed E-state index contributed by atoms with van der Waals surface area (Å²) in [6.45, 7) is 1.10. The number of ether oxygens (including phenoxy) is 2. The maximum Gasteiger partial charge on any atom is 0.243 e. The number of hydrogen-bond acceptors (Lipinski definition) is 5. The van der Waals surface area contributed by atoms with Crippen LogP contribution in [0.15, 0.2) is 47.4 Å². The van der Waals surface area contributed by atoms with E-state index in [0.717, 1.165) is 31.4 Å². The molecule has 8 heteroatoms. The van der Waals surface area contributed by atoms with Crippen LogP contribution < -0.4 is 14.8 Å². The number of benzene rings is 2. The molecule has 33 heavy (non-hydrogen) atoms. The highest BCUT2D eigenvalue weighted by Crippen LogP contribution is 2.28. The SMILES string of the molecule is COc1ccc(S(=O)(=O)N2CCCC2)cc1CCC(=O)Nc1ccc(OC2CCCC2)cc1. The summed E-state index contributed by atoms with van der Waals surface area (Å²) in [4.78, 5) is 12.8. The molecule has 4 rings (SSSR count). The molecule has 1 N–H and O–H groups in total. The molecule has 0 unspecified atom stereocenters. The number of carbonyl (C=O) groups is 1. The smallest absolute Gasteiger partial charge is 0.243 e. The molecule has 2 aliphatic rings. The summed E-state index contributed by atoms with van der Waals surface area (Å²) in [5.41, 5.74) is 1.41. The molecule has 1 amide bonds. The lowest BCUT2D eigenvalue weighted by atomic mass is 10.1. The minimum Gasteiger partial charge on any atom is -0.496 e. The average molecular weight is 473 g/mol. The highest BCUT2D eigenvalue weighted by molar-refractivity contribution is 7.89. The minimum absolute atomic E-state index is 0.144. The summed E-state index contributed by atoms with van der Waals surface area (Å²) in [6, 6.07) is 12.3. The molecule has 1 aliphatic carbocycles. The van der Waals surface area contributed by atoms with Crippen LogP contribution in [0.25, 0.3) is 0 Å². The van der Waals surface area contributed by atoms with Crippen LogP contribution in [0.4, 0.5) is 5.69 Å². The molecule has 7 nitrogen and oxygen atoms in total. The number of aryl methyl sites for hydroxylation is 1. The Morgan fingerprint density at radius 3 is 2.39 bits per heavy atom. The summed E-state index contributed by atoms with van der Waals surface area (Å²) in [7, 11) is -1.98. The summed E-state index contributed by atoms with van der Waals surface area (Å²) in [5.74, 6) is 1.26. The van der Waals surface area contributed by atoms with E-state index in [-0.39, 0.29) is 17.2 Å². The molecule has 0 aromatic heterocycles. The first-order valence-corrected chi connectivity index (χ1v) is 13.1. The molecule has 2 aromatic carbocycles. The minimum atomic E-state index is -3.52. The van der Waals surface area contributed by atoms with Crippen LogP contribution in [0.1, 0.15) is 50.5 Å². The summed E-state index contributed by atoms with van der Waals surface area (Å²) in [5, 5.41) is 2.90. The molecule has 0 atom stereocenters. The van der Waals surface area contributed by atoms with Crippen molar-refractivity contribution in [1.29, 1.82) is 0 Å². The van der Waals surface area contributed by atoms with Crippen LogP contribution in [-0.2, 0) is 21.2 Å². The Morgan fingerprint density at radius 1 is 1.03 bits per heavy atom. The van der Waals surface area contributed by atoms with Crippen molar-refractivity contribution in [3.63, 3.8) is 0 Å². The topological polar surface area (TPSA) is 84.9 Å². The van der Waals surface area contributed by atoms with Crippen molar-refractivity contribution in [3.05, 3.63) is 48.0 Å². The molecule has 1 saturated heterocycles. The van der Waals surface area contributed by atoms with Gasteiger partial charge >= 0.3 is 0 Å². The molecule has 0 bridgehead atoms. The molecule has 178 valence electrons. The van der Waals surface area contributed by atoms with Gasteiger partial charge in [0.1, 0.15) is 11.5 Å². The maximum atomic E-state index is 12.9. The molecule has 2 aromatic rings. The largest absolute Gasteiger partial charge is 0.496 e. The van der Waals surface area contributed by atoms with Gasteiger partial charge in [0.25, 0.3) is 0 Å². The number of amides is 1. The number of hydrogen-bond donors (Lipinski definition) is 1. The fourth-order valence-corrected chi connectivity index (χ4v) is 6.04. The normalized spacial score (nSPS) is 17.2. The van der Waals surface area contributed by atoms with Gasteiger partial charge in [0.05, 0.1) is 18.1 Å². The summed E-state index contributed by atoms with van der Waals surface area (Å²) >= 11 is 0. The lowest BCUT2D eigenvalue weighted by molar-refractivity contribution is -0.116. The molecule has 0 spiro atoms. The second kappa shape index (κ2) is 10.6. The maximum absolute atomic E-state index is 12.9. The number of nitrogens with zero attached hydrogens (tertiary/aromatic N) is 1. The van der Waals surface area contributed by atoms with Crippen LogP contribution in [-0.4, -0.2) is 44.9 Å². The van der Waals surface area contributed by atoms with Gasteiger partial charge in [-0.2, -0.15) is 4.31 Å². The highest BCUT2D eigenvalue weighted by atomic mass is 32.2. The average Bonchev–Trinajstić information content (AvgIpc) is 3.54. The van der Waals surface area contributed by atoms with Crippen LogP contribution in [0, 0.1) is 0 Å². The van der Waals surface area contributed by atoms with Gasteiger partial charge in [0.15, 0.2) is 0 Å². The first-order valence-electron chi connectivity index (χ1n) is 11.7. The molecule has 1 aliphatic heterocycles. The standard InChI is InChI=1S/C25H32N2O5S/c1-31-24-14-13-23(33(29,30)27-16-4-5-17-27)18-19(24)8-15-25(28)26-20-9-11-22(12-10-20)32-21-6-2-3-7-21/h9-14,18,21H,2-8,15-17H2,1H3,(H,26,28). The van der Waals surface area contributed by atoms with Crippen molar-refractivity contribution < 1.29 is 22.7 Å². The second-order valence-corrected chi connectivity index (χ2v) is 10.6. The van der Waals surface area contributed by atoms with E-state index in [4.69, 9.17) is 9.47 Å². The fraction of sp³-hybridized carbons (Fsp3) is 0.480. The Labute approximate surface area is 196 Å². The van der Waals surface area contributed by atoms with E-state index in [1.807, 2.05) is 24.3 Å². The Bertz CT molecular complexity index is 1060. The number of rotatable bonds is 9. The zero-order valence-corrected chi connectivity index (χ0v) is 19.9. The number of methoxy groups -OCH3 is 1.